The Morgan fingerprint density at radius 3 is 2.71 bits per heavy atom. The largest absolute Gasteiger partial charge is 0.489 e. The predicted octanol–water partition coefficient (Wildman–Crippen LogP) is 3.97. The van der Waals surface area contributed by atoms with E-state index < -0.39 is 0 Å². The van der Waals surface area contributed by atoms with Crippen LogP contribution in [0.3, 0.4) is 0 Å². The Kier molecular flexibility index (Phi) is 6.60. The normalized spacial score (nSPS) is 15.6. The molecule has 2 aromatic carbocycles. The highest BCUT2D eigenvalue weighted by Gasteiger charge is 2.27. The third-order valence-corrected chi connectivity index (χ3v) is 5.63. The molecule has 0 spiro atoms. The fourth-order valence-electron chi connectivity index (χ4n) is 3.88. The van der Waals surface area contributed by atoms with Crippen LogP contribution in [-0.2, 0) is 16.2 Å². The van der Waals surface area contributed by atoms with Gasteiger partial charge in [-0.25, -0.2) is 0 Å². The molecule has 7 heteroatoms. The number of benzene rings is 2. The van der Waals surface area contributed by atoms with E-state index in [4.69, 9.17) is 14.2 Å². The Balaban J connectivity index is 1.28. The van der Waals surface area contributed by atoms with Gasteiger partial charge in [-0.1, -0.05) is 19.1 Å². The molecule has 164 valence electrons. The van der Waals surface area contributed by atoms with E-state index >= 15 is 0 Å². The smallest absolute Gasteiger partial charge is 0.231 e. The number of rotatable bonds is 7. The van der Waals surface area contributed by atoms with Crippen LogP contribution in [0.2, 0.25) is 0 Å². The monoisotopic (exact) mass is 424 g/mol. The van der Waals surface area contributed by atoms with E-state index in [9.17, 15) is 9.59 Å². The second kappa shape index (κ2) is 9.73. The molecule has 2 aliphatic rings. The zero-order valence-electron chi connectivity index (χ0n) is 17.8. The van der Waals surface area contributed by atoms with E-state index in [-0.39, 0.29) is 24.5 Å². The molecule has 0 saturated carbocycles. The van der Waals surface area contributed by atoms with Gasteiger partial charge in [0.05, 0.1) is 0 Å². The number of ether oxygens (including phenoxy) is 3. The lowest BCUT2D eigenvalue weighted by atomic mass is 9.95. The molecule has 0 aromatic heterocycles. The molecule has 1 saturated heterocycles. The van der Waals surface area contributed by atoms with Gasteiger partial charge >= 0.3 is 0 Å². The first-order chi connectivity index (χ1) is 15.1. The summed E-state index contributed by atoms with van der Waals surface area (Å²) in [7, 11) is 0. The van der Waals surface area contributed by atoms with Crippen LogP contribution >= 0.6 is 0 Å². The summed E-state index contributed by atoms with van der Waals surface area (Å²) >= 11 is 0. The van der Waals surface area contributed by atoms with Crippen LogP contribution in [0.25, 0.3) is 0 Å². The van der Waals surface area contributed by atoms with Crippen LogP contribution in [0.15, 0.2) is 42.5 Å². The fourth-order valence-corrected chi connectivity index (χ4v) is 3.88. The highest BCUT2D eigenvalue weighted by Crippen LogP contribution is 2.35. The van der Waals surface area contributed by atoms with Gasteiger partial charge in [-0.05, 0) is 49.1 Å². The number of amides is 2. The molecule has 0 aliphatic carbocycles. The molecular formula is C24H28N2O5. The zero-order valence-corrected chi connectivity index (χ0v) is 17.8. The van der Waals surface area contributed by atoms with Crippen LogP contribution < -0.4 is 19.5 Å². The van der Waals surface area contributed by atoms with Gasteiger partial charge in [0, 0.05) is 37.2 Å². The van der Waals surface area contributed by atoms with Gasteiger partial charge in [-0.3, -0.25) is 9.59 Å². The zero-order chi connectivity index (χ0) is 21.6. The summed E-state index contributed by atoms with van der Waals surface area (Å²) in [5.74, 6) is 2.23. The number of nitrogens with one attached hydrogen (secondary N) is 1. The van der Waals surface area contributed by atoms with Gasteiger partial charge in [0.2, 0.25) is 18.6 Å². The fraction of sp³-hybridized carbons (Fsp3) is 0.417. The summed E-state index contributed by atoms with van der Waals surface area (Å²) in [6, 6.07) is 13.1. The van der Waals surface area contributed by atoms with Crippen molar-refractivity contribution in [3.05, 3.63) is 48.0 Å². The summed E-state index contributed by atoms with van der Waals surface area (Å²) in [4.78, 5) is 26.6. The van der Waals surface area contributed by atoms with E-state index in [2.05, 4.69) is 5.32 Å². The summed E-state index contributed by atoms with van der Waals surface area (Å²) in [6.07, 6.45) is 2.84. The van der Waals surface area contributed by atoms with Gasteiger partial charge in [0.1, 0.15) is 12.4 Å². The minimum atomic E-state index is -0.0702. The average molecular weight is 424 g/mol. The predicted molar refractivity (Wildman–Crippen MR) is 116 cm³/mol. The van der Waals surface area contributed by atoms with Crippen molar-refractivity contribution in [1.29, 1.82) is 0 Å². The Hall–Kier alpha value is -3.22. The van der Waals surface area contributed by atoms with Crippen molar-refractivity contribution in [2.75, 3.05) is 25.2 Å². The number of fused-ring (bicyclic) bond motifs is 1. The summed E-state index contributed by atoms with van der Waals surface area (Å²) < 4.78 is 16.5. The topological polar surface area (TPSA) is 77.1 Å². The van der Waals surface area contributed by atoms with Crippen LogP contribution in [0.4, 0.5) is 5.69 Å². The lowest BCUT2D eigenvalue weighted by Crippen LogP contribution is -2.41. The maximum Gasteiger partial charge on any atom is 0.231 e. The Bertz CT molecular complexity index is 937. The first kappa shape index (κ1) is 21.0. The van der Waals surface area contributed by atoms with Crippen molar-refractivity contribution in [3.8, 4) is 17.2 Å². The molecule has 2 aromatic rings. The first-order valence-corrected chi connectivity index (χ1v) is 10.8. The molecule has 7 nitrogen and oxygen atoms in total. The van der Waals surface area contributed by atoms with Crippen LogP contribution in [0.1, 0.15) is 38.2 Å². The number of hydrogen-bond donors (Lipinski definition) is 1. The van der Waals surface area contributed by atoms with E-state index in [0.717, 1.165) is 23.4 Å². The molecule has 0 unspecified atom stereocenters. The minimum absolute atomic E-state index is 0.0106. The summed E-state index contributed by atoms with van der Waals surface area (Å²) in [6.45, 7) is 3.92. The van der Waals surface area contributed by atoms with Gasteiger partial charge in [-0.2, -0.15) is 0 Å². The van der Waals surface area contributed by atoms with E-state index in [1.54, 1.807) is 0 Å². The lowest BCUT2D eigenvalue weighted by Gasteiger charge is -2.31. The molecule has 1 N–H and O–H groups in total. The Labute approximate surface area is 182 Å². The van der Waals surface area contributed by atoms with E-state index in [1.807, 2.05) is 54.3 Å². The molecule has 0 radical (unpaired) electrons. The standard InChI is InChI=1S/C24H28N2O5/c1-2-4-23(27)26-11-9-18(10-12-26)24(28)25-19-6-3-5-17(13-19)15-29-20-7-8-21-22(14-20)31-16-30-21/h3,5-8,13-14,18H,2,4,9-12,15-16H2,1H3,(H,25,28). The maximum atomic E-state index is 12.7. The third-order valence-electron chi connectivity index (χ3n) is 5.63. The number of likely N-dealkylation sites (tertiary alicyclic amines) is 1. The second-order valence-electron chi connectivity index (χ2n) is 7.90. The van der Waals surface area contributed by atoms with Gasteiger partial charge in [-0.15, -0.1) is 0 Å². The lowest BCUT2D eigenvalue weighted by molar-refractivity contribution is -0.134. The number of carbonyl (C=O) groups excluding carboxylic acids is 2. The number of anilines is 1. The Morgan fingerprint density at radius 2 is 1.90 bits per heavy atom. The van der Waals surface area contributed by atoms with Crippen molar-refractivity contribution in [3.63, 3.8) is 0 Å². The van der Waals surface area contributed by atoms with Crippen LogP contribution in [-0.4, -0.2) is 36.6 Å². The molecule has 4 rings (SSSR count). The summed E-state index contributed by atoms with van der Waals surface area (Å²) in [5, 5.41) is 3.02. The van der Waals surface area contributed by atoms with Gasteiger partial charge in [0.15, 0.2) is 11.5 Å². The number of hydrogen-bond acceptors (Lipinski definition) is 5. The third kappa shape index (κ3) is 5.29. The minimum Gasteiger partial charge on any atom is -0.489 e. The summed E-state index contributed by atoms with van der Waals surface area (Å²) in [5.41, 5.74) is 1.71. The number of piperidine rings is 1. The second-order valence-corrected chi connectivity index (χ2v) is 7.90. The SMILES string of the molecule is CCCC(=O)N1CCC(C(=O)Nc2cccc(COc3ccc4c(c3)OCO4)c2)CC1. The van der Waals surface area contributed by atoms with Gasteiger partial charge < -0.3 is 24.4 Å². The first-order valence-electron chi connectivity index (χ1n) is 10.8. The highest BCUT2D eigenvalue weighted by atomic mass is 16.7. The molecule has 0 bridgehead atoms. The molecule has 0 atom stereocenters. The quantitative estimate of drug-likeness (QED) is 0.728. The molecule has 31 heavy (non-hydrogen) atoms. The highest BCUT2D eigenvalue weighted by molar-refractivity contribution is 5.92. The van der Waals surface area contributed by atoms with Crippen LogP contribution in [0, 0.1) is 5.92 Å². The average Bonchev–Trinajstić information content (AvgIpc) is 3.26. The molecule has 1 fully saturated rings. The van der Waals surface area contributed by atoms with Crippen molar-refractivity contribution in [1.82, 2.24) is 4.90 Å². The van der Waals surface area contributed by atoms with Crippen molar-refractivity contribution >= 4 is 17.5 Å². The Morgan fingerprint density at radius 1 is 1.10 bits per heavy atom. The van der Waals surface area contributed by atoms with Gasteiger partial charge in [0.25, 0.3) is 0 Å². The number of nitrogens with zero attached hydrogens (tertiary/aromatic N) is 1. The number of carbonyl (C=O) groups is 2. The van der Waals surface area contributed by atoms with E-state index in [0.29, 0.717) is 50.5 Å². The molecular weight excluding hydrogens is 396 g/mol. The van der Waals surface area contributed by atoms with Crippen molar-refractivity contribution in [2.24, 2.45) is 5.92 Å². The maximum absolute atomic E-state index is 12.7. The van der Waals surface area contributed by atoms with E-state index in [1.165, 1.54) is 0 Å². The molecule has 2 amide bonds. The van der Waals surface area contributed by atoms with Crippen molar-refractivity contribution < 1.29 is 23.8 Å². The van der Waals surface area contributed by atoms with Crippen LogP contribution in [0.5, 0.6) is 17.2 Å². The molecule has 2 heterocycles. The molecule has 2 aliphatic heterocycles. The van der Waals surface area contributed by atoms with Crippen molar-refractivity contribution in [2.45, 2.75) is 39.2 Å².